The van der Waals surface area contributed by atoms with Gasteiger partial charge in [-0.25, -0.2) is 0 Å². The first-order chi connectivity index (χ1) is 10.5. The van der Waals surface area contributed by atoms with Gasteiger partial charge in [0.1, 0.15) is 5.82 Å². The predicted octanol–water partition coefficient (Wildman–Crippen LogP) is 2.51. The van der Waals surface area contributed by atoms with Gasteiger partial charge in [0.15, 0.2) is 5.65 Å². The Morgan fingerprint density at radius 2 is 2.09 bits per heavy atom. The molecule has 2 aromatic rings. The van der Waals surface area contributed by atoms with Crippen molar-refractivity contribution in [2.45, 2.75) is 44.0 Å². The molecule has 0 amide bonds. The fourth-order valence-corrected chi connectivity index (χ4v) is 2.74. The molecule has 6 nitrogen and oxygen atoms in total. The first-order valence-electron chi connectivity index (χ1n) is 7.06. The summed E-state index contributed by atoms with van der Waals surface area (Å²) in [6.45, 7) is 0. The van der Waals surface area contributed by atoms with Crippen molar-refractivity contribution in [3.05, 3.63) is 18.0 Å². The van der Waals surface area contributed by atoms with E-state index in [9.17, 15) is 13.2 Å². The SMILES string of the molecule is COC1CCCC(Nc2ccc3nnc(C(F)(F)F)n3n2)C1. The number of ether oxygens (including phenoxy) is 1. The molecular weight excluding hydrogens is 299 g/mol. The smallest absolute Gasteiger partial charge is 0.381 e. The first kappa shape index (κ1) is 15.0. The molecule has 2 heterocycles. The summed E-state index contributed by atoms with van der Waals surface area (Å²) in [4.78, 5) is 0. The maximum absolute atomic E-state index is 12.8. The van der Waals surface area contributed by atoms with Crippen LogP contribution in [0.5, 0.6) is 0 Å². The molecule has 0 spiro atoms. The molecule has 2 unspecified atom stereocenters. The number of halogens is 3. The summed E-state index contributed by atoms with van der Waals surface area (Å²) in [5.41, 5.74) is 0.0660. The molecule has 3 rings (SSSR count). The van der Waals surface area contributed by atoms with Crippen molar-refractivity contribution in [2.75, 3.05) is 12.4 Å². The number of hydrogen-bond acceptors (Lipinski definition) is 5. The van der Waals surface area contributed by atoms with Crippen LogP contribution in [0, 0.1) is 0 Å². The number of methoxy groups -OCH3 is 1. The summed E-state index contributed by atoms with van der Waals surface area (Å²) in [6.07, 6.45) is -0.644. The van der Waals surface area contributed by atoms with Gasteiger partial charge in [0.05, 0.1) is 6.10 Å². The molecule has 22 heavy (non-hydrogen) atoms. The van der Waals surface area contributed by atoms with Gasteiger partial charge < -0.3 is 10.1 Å². The molecule has 1 aliphatic carbocycles. The number of hydrogen-bond donors (Lipinski definition) is 1. The highest BCUT2D eigenvalue weighted by Gasteiger charge is 2.37. The van der Waals surface area contributed by atoms with Crippen LogP contribution in [-0.2, 0) is 10.9 Å². The van der Waals surface area contributed by atoms with Crippen LogP contribution < -0.4 is 5.32 Å². The van der Waals surface area contributed by atoms with Crippen LogP contribution in [-0.4, -0.2) is 39.1 Å². The largest absolute Gasteiger partial charge is 0.453 e. The Balaban J connectivity index is 1.82. The highest BCUT2D eigenvalue weighted by molar-refractivity contribution is 5.44. The van der Waals surface area contributed by atoms with Crippen LogP contribution >= 0.6 is 0 Å². The fraction of sp³-hybridized carbons (Fsp3) is 0.615. The van der Waals surface area contributed by atoms with Crippen molar-refractivity contribution in [3.63, 3.8) is 0 Å². The average Bonchev–Trinajstić information content (AvgIpc) is 2.90. The van der Waals surface area contributed by atoms with E-state index in [1.165, 1.54) is 6.07 Å². The third-order valence-electron chi connectivity index (χ3n) is 3.83. The van der Waals surface area contributed by atoms with Crippen LogP contribution in [0.15, 0.2) is 12.1 Å². The number of alkyl halides is 3. The Morgan fingerprint density at radius 1 is 1.27 bits per heavy atom. The Kier molecular flexibility index (Phi) is 3.90. The van der Waals surface area contributed by atoms with Crippen LogP contribution in [0.2, 0.25) is 0 Å². The van der Waals surface area contributed by atoms with E-state index in [1.54, 1.807) is 13.2 Å². The molecule has 1 N–H and O–H groups in total. The molecule has 2 atom stereocenters. The minimum Gasteiger partial charge on any atom is -0.381 e. The Morgan fingerprint density at radius 3 is 2.82 bits per heavy atom. The molecule has 0 radical (unpaired) electrons. The van der Waals surface area contributed by atoms with E-state index in [4.69, 9.17) is 4.74 Å². The molecule has 1 saturated carbocycles. The maximum atomic E-state index is 12.8. The molecule has 0 aliphatic heterocycles. The number of nitrogens with one attached hydrogen (secondary N) is 1. The highest BCUT2D eigenvalue weighted by atomic mass is 19.4. The second-order valence-corrected chi connectivity index (χ2v) is 5.38. The Labute approximate surface area is 124 Å². The van der Waals surface area contributed by atoms with E-state index in [0.717, 1.165) is 30.2 Å². The normalized spacial score (nSPS) is 22.9. The van der Waals surface area contributed by atoms with Crippen molar-refractivity contribution in [1.82, 2.24) is 19.8 Å². The summed E-state index contributed by atoms with van der Waals surface area (Å²) in [7, 11) is 1.67. The summed E-state index contributed by atoms with van der Waals surface area (Å²) in [5, 5.41) is 13.8. The van der Waals surface area contributed by atoms with Gasteiger partial charge in [0.2, 0.25) is 0 Å². The van der Waals surface area contributed by atoms with Gasteiger partial charge in [-0.05, 0) is 37.8 Å². The molecule has 0 bridgehead atoms. The lowest BCUT2D eigenvalue weighted by Gasteiger charge is -2.29. The zero-order valence-electron chi connectivity index (χ0n) is 12.0. The van der Waals surface area contributed by atoms with Crippen LogP contribution in [0.3, 0.4) is 0 Å². The number of aromatic nitrogens is 4. The quantitative estimate of drug-likeness (QED) is 0.943. The number of nitrogens with zero attached hydrogens (tertiary/aromatic N) is 4. The van der Waals surface area contributed by atoms with E-state index in [-0.39, 0.29) is 17.8 Å². The number of rotatable bonds is 3. The Hall–Kier alpha value is -1.90. The van der Waals surface area contributed by atoms with E-state index < -0.39 is 12.0 Å². The van der Waals surface area contributed by atoms with Gasteiger partial charge in [-0.1, -0.05) is 0 Å². The lowest BCUT2D eigenvalue weighted by Crippen LogP contribution is -2.31. The molecule has 0 saturated heterocycles. The highest BCUT2D eigenvalue weighted by Crippen LogP contribution is 2.28. The lowest BCUT2D eigenvalue weighted by molar-refractivity contribution is -0.146. The predicted molar refractivity (Wildman–Crippen MR) is 72.5 cm³/mol. The minimum absolute atomic E-state index is 0.0660. The molecule has 1 fully saturated rings. The van der Waals surface area contributed by atoms with Crippen LogP contribution in [0.25, 0.3) is 5.65 Å². The van der Waals surface area contributed by atoms with Gasteiger partial charge in [0, 0.05) is 13.2 Å². The van der Waals surface area contributed by atoms with E-state index >= 15 is 0 Å². The monoisotopic (exact) mass is 315 g/mol. The molecular formula is C13H16F3N5O. The van der Waals surface area contributed by atoms with Crippen LogP contribution in [0.4, 0.5) is 19.0 Å². The minimum atomic E-state index is -4.59. The number of fused-ring (bicyclic) bond motifs is 1. The van der Waals surface area contributed by atoms with Crippen LogP contribution in [0.1, 0.15) is 31.5 Å². The topological polar surface area (TPSA) is 64.3 Å². The van der Waals surface area contributed by atoms with Crippen molar-refractivity contribution in [1.29, 1.82) is 0 Å². The van der Waals surface area contributed by atoms with Gasteiger partial charge in [0.25, 0.3) is 5.82 Å². The third-order valence-corrected chi connectivity index (χ3v) is 3.83. The van der Waals surface area contributed by atoms with Gasteiger partial charge in [-0.3, -0.25) is 0 Å². The Bertz CT molecular complexity index is 657. The van der Waals surface area contributed by atoms with Crippen molar-refractivity contribution < 1.29 is 17.9 Å². The molecule has 0 aromatic carbocycles. The summed E-state index contributed by atoms with van der Waals surface area (Å²) in [5.74, 6) is -0.746. The number of anilines is 1. The maximum Gasteiger partial charge on any atom is 0.453 e. The molecule has 120 valence electrons. The van der Waals surface area contributed by atoms with E-state index in [1.807, 2.05) is 0 Å². The zero-order chi connectivity index (χ0) is 15.7. The van der Waals surface area contributed by atoms with Crippen molar-refractivity contribution in [2.24, 2.45) is 0 Å². The van der Waals surface area contributed by atoms with Gasteiger partial charge >= 0.3 is 6.18 Å². The molecule has 2 aromatic heterocycles. The van der Waals surface area contributed by atoms with Gasteiger partial charge in [-0.2, -0.15) is 17.7 Å². The molecule has 1 aliphatic rings. The van der Waals surface area contributed by atoms with E-state index in [2.05, 4.69) is 20.6 Å². The third kappa shape index (κ3) is 2.99. The summed E-state index contributed by atoms with van der Waals surface area (Å²) >= 11 is 0. The second kappa shape index (κ2) is 5.71. The van der Waals surface area contributed by atoms with Crippen molar-refractivity contribution in [3.8, 4) is 0 Å². The zero-order valence-corrected chi connectivity index (χ0v) is 12.0. The van der Waals surface area contributed by atoms with E-state index in [0.29, 0.717) is 5.82 Å². The average molecular weight is 315 g/mol. The first-order valence-corrected chi connectivity index (χ1v) is 7.06. The summed E-state index contributed by atoms with van der Waals surface area (Å²) in [6, 6.07) is 3.21. The fourth-order valence-electron chi connectivity index (χ4n) is 2.74. The second-order valence-electron chi connectivity index (χ2n) is 5.38. The van der Waals surface area contributed by atoms with Crippen molar-refractivity contribution >= 4 is 11.5 Å². The standard InChI is InChI=1S/C13H16F3N5O/c1-22-9-4-2-3-8(7-9)17-10-5-6-11-18-19-12(13(14,15)16)21(11)20-10/h5-6,8-9H,2-4,7H2,1H3,(H,17,20). The summed E-state index contributed by atoms with van der Waals surface area (Å²) < 4.78 is 44.6. The molecule has 9 heteroatoms. The lowest BCUT2D eigenvalue weighted by atomic mass is 9.93. The van der Waals surface area contributed by atoms with Gasteiger partial charge in [-0.15, -0.1) is 15.3 Å².